The van der Waals surface area contributed by atoms with Crippen LogP contribution >= 0.6 is 0 Å². The molecule has 9 nitrogen and oxygen atoms in total. The van der Waals surface area contributed by atoms with Gasteiger partial charge in [-0.15, -0.1) is 0 Å². The van der Waals surface area contributed by atoms with Crippen molar-refractivity contribution in [3.63, 3.8) is 0 Å². The lowest BCUT2D eigenvalue weighted by atomic mass is 10.1. The van der Waals surface area contributed by atoms with E-state index in [1.54, 1.807) is 4.90 Å². The predicted octanol–water partition coefficient (Wildman–Crippen LogP) is 4.63. The van der Waals surface area contributed by atoms with Crippen molar-refractivity contribution in [1.82, 2.24) is 4.90 Å². The number of aliphatic hydroxyl groups is 2. The number of hydrogen-bond donors (Lipinski definition) is 5. The number of benzene rings is 3. The Balaban J connectivity index is 1.10. The molecule has 3 aromatic rings. The first-order valence-corrected chi connectivity index (χ1v) is 13.5. The summed E-state index contributed by atoms with van der Waals surface area (Å²) in [6, 6.07) is 22.3. The lowest BCUT2D eigenvalue weighted by molar-refractivity contribution is 0.0971. The van der Waals surface area contributed by atoms with Crippen molar-refractivity contribution in [2.45, 2.75) is 37.9 Å². The number of likely N-dealkylation sites (tertiary alicyclic amines) is 1. The minimum absolute atomic E-state index is 0.154. The molecular weight excluding hydrogens is 494 g/mol. The van der Waals surface area contributed by atoms with Crippen LogP contribution in [0.5, 0.6) is 0 Å². The summed E-state index contributed by atoms with van der Waals surface area (Å²) < 4.78 is 0. The number of carbonyl (C=O) groups excluding carboxylic acids is 2. The third-order valence-corrected chi connectivity index (χ3v) is 7.28. The van der Waals surface area contributed by atoms with E-state index in [0.717, 1.165) is 43.0 Å². The maximum Gasteiger partial charge on any atom is 0.321 e. The summed E-state index contributed by atoms with van der Waals surface area (Å²) >= 11 is 0. The molecule has 0 unspecified atom stereocenters. The van der Waals surface area contributed by atoms with Gasteiger partial charge in [0.2, 0.25) is 0 Å². The molecular formula is C30H35N5O4. The number of nitrogens with zero attached hydrogens (tertiary/aromatic N) is 2. The minimum atomic E-state index is -0.316. The number of urea groups is 1. The lowest BCUT2D eigenvalue weighted by Crippen LogP contribution is -2.42. The van der Waals surface area contributed by atoms with E-state index in [4.69, 9.17) is 0 Å². The molecule has 0 bridgehead atoms. The summed E-state index contributed by atoms with van der Waals surface area (Å²) in [5.41, 5.74) is 4.79. The topological polar surface area (TPSA) is 117 Å². The highest BCUT2D eigenvalue weighted by Gasteiger charge is 2.21. The minimum Gasteiger partial charge on any atom is -0.393 e. The van der Waals surface area contributed by atoms with Gasteiger partial charge in [-0.2, -0.15) is 0 Å². The standard InChI is InChI=1S/C30H35N5O4/c36-27-13-17-34(18-14-27)26-11-1-21(2-12-26)29(38)32-24-7-3-22(4-8-24)31-23-5-9-25(10-6-23)33-30(39)35-19-15-28(37)16-20-35/h1-12,27-28,31,36-37H,13-20H2,(H,32,38)(H,33,39). The molecule has 2 fully saturated rings. The number of anilines is 5. The second-order valence-electron chi connectivity index (χ2n) is 10.1. The first-order chi connectivity index (χ1) is 18.9. The largest absolute Gasteiger partial charge is 0.393 e. The summed E-state index contributed by atoms with van der Waals surface area (Å²) in [7, 11) is 0. The summed E-state index contributed by atoms with van der Waals surface area (Å²) in [6.45, 7) is 2.75. The molecule has 3 aromatic carbocycles. The zero-order valence-electron chi connectivity index (χ0n) is 21.8. The van der Waals surface area contributed by atoms with E-state index in [9.17, 15) is 19.8 Å². The first kappa shape index (κ1) is 26.5. The van der Waals surface area contributed by atoms with Gasteiger partial charge in [-0.3, -0.25) is 4.79 Å². The molecule has 0 atom stereocenters. The van der Waals surface area contributed by atoms with Gasteiger partial charge in [0.15, 0.2) is 0 Å². The number of aliphatic hydroxyl groups excluding tert-OH is 2. The third-order valence-electron chi connectivity index (χ3n) is 7.28. The normalized spacial score (nSPS) is 16.6. The van der Waals surface area contributed by atoms with Gasteiger partial charge in [-0.25, -0.2) is 4.79 Å². The Morgan fingerprint density at radius 1 is 0.615 bits per heavy atom. The molecule has 3 amide bonds. The Morgan fingerprint density at radius 2 is 1.08 bits per heavy atom. The Morgan fingerprint density at radius 3 is 1.62 bits per heavy atom. The first-order valence-electron chi connectivity index (χ1n) is 13.5. The number of nitrogens with one attached hydrogen (secondary N) is 3. The third kappa shape index (κ3) is 7.07. The number of rotatable bonds is 6. The molecule has 2 aliphatic heterocycles. The molecule has 5 N–H and O–H groups in total. The molecule has 2 heterocycles. The molecule has 0 aliphatic carbocycles. The quantitative estimate of drug-likeness (QED) is 0.318. The van der Waals surface area contributed by atoms with Gasteiger partial charge in [0.25, 0.3) is 5.91 Å². The van der Waals surface area contributed by atoms with Crippen LogP contribution in [0, 0.1) is 0 Å². The molecule has 204 valence electrons. The van der Waals surface area contributed by atoms with Gasteiger partial charge >= 0.3 is 6.03 Å². The van der Waals surface area contributed by atoms with Crippen LogP contribution in [0.25, 0.3) is 0 Å². The molecule has 0 radical (unpaired) electrons. The van der Waals surface area contributed by atoms with Crippen molar-refractivity contribution in [3.8, 4) is 0 Å². The molecule has 2 saturated heterocycles. The zero-order chi connectivity index (χ0) is 27.2. The van der Waals surface area contributed by atoms with E-state index < -0.39 is 0 Å². The molecule has 9 heteroatoms. The van der Waals surface area contributed by atoms with Gasteiger partial charge < -0.3 is 36.0 Å². The Kier molecular flexibility index (Phi) is 8.29. The maximum atomic E-state index is 12.7. The van der Waals surface area contributed by atoms with Crippen LogP contribution < -0.4 is 20.9 Å². The van der Waals surface area contributed by atoms with Crippen molar-refractivity contribution >= 4 is 40.4 Å². The number of carbonyl (C=O) groups is 2. The lowest BCUT2D eigenvalue weighted by Gasteiger charge is -2.31. The summed E-state index contributed by atoms with van der Waals surface area (Å²) in [5.74, 6) is -0.172. The van der Waals surface area contributed by atoms with Crippen molar-refractivity contribution in [2.75, 3.05) is 47.0 Å². The second-order valence-corrected chi connectivity index (χ2v) is 10.1. The van der Waals surface area contributed by atoms with E-state index in [1.165, 1.54) is 0 Å². The van der Waals surface area contributed by atoms with Gasteiger partial charge in [-0.05, 0) is 98.5 Å². The van der Waals surface area contributed by atoms with E-state index in [0.29, 0.717) is 42.9 Å². The molecule has 39 heavy (non-hydrogen) atoms. The van der Waals surface area contributed by atoms with Crippen LogP contribution in [0.4, 0.5) is 33.2 Å². The Labute approximate surface area is 228 Å². The Hall–Kier alpha value is -4.08. The van der Waals surface area contributed by atoms with Crippen LogP contribution in [0.15, 0.2) is 72.8 Å². The highest BCUT2D eigenvalue weighted by molar-refractivity contribution is 6.04. The number of piperidine rings is 2. The fourth-order valence-electron chi connectivity index (χ4n) is 4.86. The smallest absolute Gasteiger partial charge is 0.321 e. The van der Waals surface area contributed by atoms with E-state index in [2.05, 4.69) is 20.9 Å². The van der Waals surface area contributed by atoms with Gasteiger partial charge in [0, 0.05) is 60.2 Å². The molecule has 2 aliphatic rings. The monoisotopic (exact) mass is 529 g/mol. The van der Waals surface area contributed by atoms with E-state index in [1.807, 2.05) is 72.8 Å². The average molecular weight is 530 g/mol. The van der Waals surface area contributed by atoms with Crippen LogP contribution in [-0.4, -0.2) is 65.4 Å². The van der Waals surface area contributed by atoms with Gasteiger partial charge in [-0.1, -0.05) is 0 Å². The van der Waals surface area contributed by atoms with E-state index in [-0.39, 0.29) is 24.1 Å². The summed E-state index contributed by atoms with van der Waals surface area (Å²) in [4.78, 5) is 29.1. The van der Waals surface area contributed by atoms with Crippen LogP contribution in [-0.2, 0) is 0 Å². The number of amides is 3. The van der Waals surface area contributed by atoms with Gasteiger partial charge in [0.1, 0.15) is 0 Å². The van der Waals surface area contributed by atoms with Gasteiger partial charge in [0.05, 0.1) is 12.2 Å². The molecule has 0 spiro atoms. The van der Waals surface area contributed by atoms with Crippen molar-refractivity contribution in [3.05, 3.63) is 78.4 Å². The molecule has 0 aromatic heterocycles. The number of hydrogen-bond acceptors (Lipinski definition) is 6. The zero-order valence-corrected chi connectivity index (χ0v) is 21.8. The summed E-state index contributed by atoms with van der Waals surface area (Å²) in [5, 5.41) is 28.5. The van der Waals surface area contributed by atoms with E-state index >= 15 is 0 Å². The fraction of sp³-hybridized carbons (Fsp3) is 0.333. The SMILES string of the molecule is O=C(Nc1ccc(Nc2ccc(NC(=O)N3CCC(O)CC3)cc2)cc1)c1ccc(N2CCC(O)CC2)cc1. The molecule has 0 saturated carbocycles. The van der Waals surface area contributed by atoms with Crippen molar-refractivity contribution < 1.29 is 19.8 Å². The highest BCUT2D eigenvalue weighted by atomic mass is 16.3. The molecule has 5 rings (SSSR count). The van der Waals surface area contributed by atoms with Crippen molar-refractivity contribution in [1.29, 1.82) is 0 Å². The van der Waals surface area contributed by atoms with Crippen molar-refractivity contribution in [2.24, 2.45) is 0 Å². The predicted molar refractivity (Wildman–Crippen MR) is 154 cm³/mol. The summed E-state index contributed by atoms with van der Waals surface area (Å²) in [6.07, 6.45) is 2.22. The Bertz CT molecular complexity index is 1250. The maximum absolute atomic E-state index is 12.7. The average Bonchev–Trinajstić information content (AvgIpc) is 2.96. The fourth-order valence-corrected chi connectivity index (χ4v) is 4.86. The second kappa shape index (κ2) is 12.2. The highest BCUT2D eigenvalue weighted by Crippen LogP contribution is 2.23. The van der Waals surface area contributed by atoms with Crippen LogP contribution in [0.2, 0.25) is 0 Å². The van der Waals surface area contributed by atoms with Crippen LogP contribution in [0.1, 0.15) is 36.0 Å². The van der Waals surface area contributed by atoms with Crippen LogP contribution in [0.3, 0.4) is 0 Å².